The molecule has 1 aromatic heterocycles. The van der Waals surface area contributed by atoms with E-state index in [1.54, 1.807) is 0 Å². The highest BCUT2D eigenvalue weighted by atomic mass is 35.5. The third-order valence-corrected chi connectivity index (χ3v) is 2.78. The summed E-state index contributed by atoms with van der Waals surface area (Å²) in [6.45, 7) is 5.06. The third-order valence-electron chi connectivity index (χ3n) is 2.61. The van der Waals surface area contributed by atoms with Crippen molar-refractivity contribution in [1.82, 2.24) is 15.3 Å². The molecule has 0 radical (unpaired) electrons. The van der Waals surface area contributed by atoms with Crippen LogP contribution in [0.5, 0.6) is 0 Å². The van der Waals surface area contributed by atoms with E-state index in [2.05, 4.69) is 15.3 Å². The van der Waals surface area contributed by atoms with Crippen molar-refractivity contribution in [3.8, 4) is 0 Å². The van der Waals surface area contributed by atoms with E-state index in [-0.39, 0.29) is 17.2 Å². The second-order valence-corrected chi connectivity index (χ2v) is 4.14. The number of rotatable bonds is 1. The van der Waals surface area contributed by atoms with Crippen molar-refractivity contribution in [1.29, 1.82) is 0 Å². The first-order valence-electron chi connectivity index (χ1n) is 5.13. The Morgan fingerprint density at radius 2 is 2.31 bits per heavy atom. The van der Waals surface area contributed by atoms with Gasteiger partial charge in [-0.05, 0) is 25.4 Å². The Morgan fingerprint density at radius 3 is 3.00 bits per heavy atom. The third kappa shape index (κ3) is 2.09. The summed E-state index contributed by atoms with van der Waals surface area (Å²) in [4.78, 5) is 21.6. The molecule has 1 aromatic rings. The highest BCUT2D eigenvalue weighted by molar-refractivity contribution is 6.28. The fraction of sp³-hybridized carbons (Fsp3) is 0.500. The van der Waals surface area contributed by atoms with Crippen LogP contribution in [0.25, 0.3) is 0 Å². The lowest BCUT2D eigenvalue weighted by atomic mass is 10.2. The van der Waals surface area contributed by atoms with Crippen LogP contribution in [0.4, 0.5) is 5.82 Å². The maximum Gasteiger partial charge on any atom is 0.242 e. The molecule has 1 N–H and O–H groups in total. The summed E-state index contributed by atoms with van der Waals surface area (Å²) in [6, 6.07) is 1.61. The number of piperazine rings is 1. The summed E-state index contributed by atoms with van der Waals surface area (Å²) in [6.07, 6.45) is 0. The summed E-state index contributed by atoms with van der Waals surface area (Å²) in [5.41, 5.74) is 0.799. The van der Waals surface area contributed by atoms with Crippen molar-refractivity contribution in [2.24, 2.45) is 0 Å². The van der Waals surface area contributed by atoms with Gasteiger partial charge >= 0.3 is 0 Å². The molecule has 86 valence electrons. The highest BCUT2D eigenvalue weighted by Crippen LogP contribution is 2.18. The van der Waals surface area contributed by atoms with Gasteiger partial charge in [-0.25, -0.2) is 9.97 Å². The maximum atomic E-state index is 11.5. The maximum absolute atomic E-state index is 11.5. The summed E-state index contributed by atoms with van der Waals surface area (Å²) >= 11 is 5.80. The number of carbonyl (C=O) groups excluding carboxylic acids is 1. The Bertz CT molecular complexity index is 403. The normalized spacial score (nSPS) is 20.8. The molecule has 0 aromatic carbocycles. The van der Waals surface area contributed by atoms with E-state index >= 15 is 0 Å². The molecule has 6 heteroatoms. The summed E-state index contributed by atoms with van der Waals surface area (Å²) in [5, 5.41) is 3.02. The molecular weight excluding hydrogens is 228 g/mol. The molecule has 1 atom stereocenters. The minimum Gasteiger partial charge on any atom is -0.353 e. The Morgan fingerprint density at radius 1 is 1.56 bits per heavy atom. The zero-order valence-corrected chi connectivity index (χ0v) is 9.95. The van der Waals surface area contributed by atoms with Crippen molar-refractivity contribution in [3.63, 3.8) is 0 Å². The number of aromatic nitrogens is 2. The zero-order chi connectivity index (χ0) is 11.7. The largest absolute Gasteiger partial charge is 0.353 e. The summed E-state index contributed by atoms with van der Waals surface area (Å²) < 4.78 is 0. The SMILES string of the molecule is Cc1cc(N2CCNC(=O)C2C)nc(Cl)n1. The molecule has 1 amide bonds. The van der Waals surface area contributed by atoms with Crippen LogP contribution in [0.15, 0.2) is 6.07 Å². The number of nitrogens with zero attached hydrogens (tertiary/aromatic N) is 3. The standard InChI is InChI=1S/C10H13ClN4O/c1-6-5-8(14-10(11)13-6)15-4-3-12-9(16)7(15)2/h5,7H,3-4H2,1-2H3,(H,12,16). The van der Waals surface area contributed by atoms with Gasteiger partial charge in [-0.1, -0.05) is 0 Å². The average molecular weight is 241 g/mol. The Balaban J connectivity index is 2.32. The van der Waals surface area contributed by atoms with E-state index in [4.69, 9.17) is 11.6 Å². The molecule has 1 fully saturated rings. The molecule has 16 heavy (non-hydrogen) atoms. The number of aryl methyl sites for hydroxylation is 1. The Labute approximate surface area is 98.8 Å². The van der Waals surface area contributed by atoms with E-state index in [1.165, 1.54) is 0 Å². The van der Waals surface area contributed by atoms with Crippen LogP contribution in [-0.4, -0.2) is 35.0 Å². The molecule has 1 aliphatic rings. The predicted molar refractivity (Wildman–Crippen MR) is 61.6 cm³/mol. The van der Waals surface area contributed by atoms with Gasteiger partial charge in [-0.3, -0.25) is 4.79 Å². The quantitative estimate of drug-likeness (QED) is 0.737. The molecular formula is C10H13ClN4O. The number of nitrogens with one attached hydrogen (secondary N) is 1. The van der Waals surface area contributed by atoms with Crippen molar-refractivity contribution < 1.29 is 4.79 Å². The van der Waals surface area contributed by atoms with Crippen LogP contribution in [0.2, 0.25) is 5.28 Å². The van der Waals surface area contributed by atoms with Crippen LogP contribution >= 0.6 is 11.6 Å². The fourth-order valence-electron chi connectivity index (χ4n) is 1.76. The Hall–Kier alpha value is -1.36. The summed E-state index contributed by atoms with van der Waals surface area (Å²) in [5.74, 6) is 0.721. The van der Waals surface area contributed by atoms with Crippen LogP contribution < -0.4 is 10.2 Å². The number of amides is 1. The van der Waals surface area contributed by atoms with Gasteiger partial charge in [-0.2, -0.15) is 0 Å². The fourth-order valence-corrected chi connectivity index (χ4v) is 1.98. The first kappa shape index (κ1) is 11.1. The van der Waals surface area contributed by atoms with Crippen LogP contribution in [0, 0.1) is 6.92 Å². The number of anilines is 1. The van der Waals surface area contributed by atoms with Gasteiger partial charge in [0.25, 0.3) is 0 Å². The lowest BCUT2D eigenvalue weighted by molar-refractivity contribution is -0.122. The molecule has 2 heterocycles. The lowest BCUT2D eigenvalue weighted by Crippen LogP contribution is -2.54. The molecule has 5 nitrogen and oxygen atoms in total. The topological polar surface area (TPSA) is 58.1 Å². The van der Waals surface area contributed by atoms with Gasteiger partial charge in [0.05, 0.1) is 0 Å². The minimum absolute atomic E-state index is 0.0126. The van der Waals surface area contributed by atoms with Crippen molar-refractivity contribution in [2.75, 3.05) is 18.0 Å². The second-order valence-electron chi connectivity index (χ2n) is 3.80. The van der Waals surface area contributed by atoms with E-state index in [9.17, 15) is 4.79 Å². The Kier molecular flexibility index (Phi) is 2.96. The van der Waals surface area contributed by atoms with Gasteiger partial charge in [0.15, 0.2) is 0 Å². The van der Waals surface area contributed by atoms with Crippen molar-refractivity contribution >= 4 is 23.3 Å². The molecule has 0 bridgehead atoms. The molecule has 1 aliphatic heterocycles. The van der Waals surface area contributed by atoms with Crippen LogP contribution in [0.1, 0.15) is 12.6 Å². The molecule has 0 spiro atoms. The molecule has 2 rings (SSSR count). The predicted octanol–water partition coefficient (Wildman–Crippen LogP) is 0.763. The van der Waals surface area contributed by atoms with Crippen LogP contribution in [-0.2, 0) is 4.79 Å². The first-order valence-corrected chi connectivity index (χ1v) is 5.51. The van der Waals surface area contributed by atoms with E-state index in [0.29, 0.717) is 12.4 Å². The molecule has 0 aliphatic carbocycles. The first-order chi connectivity index (χ1) is 7.58. The van der Waals surface area contributed by atoms with Gasteiger partial charge < -0.3 is 10.2 Å². The van der Waals surface area contributed by atoms with E-state index in [1.807, 2.05) is 24.8 Å². The van der Waals surface area contributed by atoms with Gasteiger partial charge in [0.1, 0.15) is 11.9 Å². The van der Waals surface area contributed by atoms with E-state index in [0.717, 1.165) is 12.2 Å². The molecule has 1 saturated heterocycles. The number of hydrogen-bond acceptors (Lipinski definition) is 4. The number of carbonyl (C=O) groups is 1. The van der Waals surface area contributed by atoms with Crippen LogP contribution in [0.3, 0.4) is 0 Å². The van der Waals surface area contributed by atoms with Gasteiger partial charge in [0, 0.05) is 24.8 Å². The summed E-state index contributed by atoms with van der Waals surface area (Å²) in [7, 11) is 0. The average Bonchev–Trinajstić information content (AvgIpc) is 2.20. The minimum atomic E-state index is -0.223. The van der Waals surface area contributed by atoms with E-state index < -0.39 is 0 Å². The molecule has 0 saturated carbocycles. The monoisotopic (exact) mass is 240 g/mol. The van der Waals surface area contributed by atoms with Crippen molar-refractivity contribution in [3.05, 3.63) is 17.0 Å². The zero-order valence-electron chi connectivity index (χ0n) is 9.20. The molecule has 1 unspecified atom stereocenters. The number of hydrogen-bond donors (Lipinski definition) is 1. The highest BCUT2D eigenvalue weighted by Gasteiger charge is 2.26. The smallest absolute Gasteiger partial charge is 0.242 e. The second kappa shape index (κ2) is 4.25. The lowest BCUT2D eigenvalue weighted by Gasteiger charge is -2.33. The van der Waals surface area contributed by atoms with Crippen molar-refractivity contribution in [2.45, 2.75) is 19.9 Å². The van der Waals surface area contributed by atoms with Gasteiger partial charge in [-0.15, -0.1) is 0 Å². The van der Waals surface area contributed by atoms with Gasteiger partial charge in [0.2, 0.25) is 11.2 Å². The number of halogens is 1.